The van der Waals surface area contributed by atoms with E-state index in [1.807, 2.05) is 14.0 Å². The van der Waals surface area contributed by atoms with E-state index in [1.54, 1.807) is 4.68 Å². The fourth-order valence-electron chi connectivity index (χ4n) is 3.27. The van der Waals surface area contributed by atoms with Crippen LogP contribution >= 0.6 is 0 Å². The lowest BCUT2D eigenvalue weighted by Crippen LogP contribution is -2.18. The van der Waals surface area contributed by atoms with Crippen molar-refractivity contribution in [1.29, 1.82) is 0 Å². The maximum atomic E-state index is 11.5. The predicted molar refractivity (Wildman–Crippen MR) is 80.6 cm³/mol. The van der Waals surface area contributed by atoms with Crippen molar-refractivity contribution < 1.29 is 9.90 Å². The number of aromatic carboxylic acids is 1. The summed E-state index contributed by atoms with van der Waals surface area (Å²) in [4.78, 5) is 15.8. The average molecular weight is 288 g/mol. The van der Waals surface area contributed by atoms with Gasteiger partial charge in [-0.25, -0.2) is 9.78 Å². The van der Waals surface area contributed by atoms with Gasteiger partial charge < -0.3 is 10.4 Å². The van der Waals surface area contributed by atoms with Crippen LogP contribution in [0.15, 0.2) is 6.20 Å². The maximum Gasteiger partial charge on any atom is 0.339 e. The lowest BCUT2D eigenvalue weighted by Gasteiger charge is -2.17. The molecule has 2 unspecified atom stereocenters. The fraction of sp³-hybridized carbons (Fsp3) is 0.533. The summed E-state index contributed by atoms with van der Waals surface area (Å²) in [6.07, 6.45) is 4.75. The number of hydrogen-bond donors (Lipinski definition) is 2. The first-order valence-electron chi connectivity index (χ1n) is 7.29. The number of fused-ring (bicyclic) bond motifs is 1. The molecule has 0 aliphatic heterocycles. The van der Waals surface area contributed by atoms with Gasteiger partial charge in [-0.05, 0) is 32.1 Å². The van der Waals surface area contributed by atoms with Crippen LogP contribution in [0.25, 0.3) is 11.0 Å². The molecule has 2 aromatic rings. The van der Waals surface area contributed by atoms with Crippen molar-refractivity contribution in [2.24, 2.45) is 13.0 Å². The Balaban J connectivity index is 2.12. The molecular weight excluding hydrogens is 268 g/mol. The van der Waals surface area contributed by atoms with Crippen molar-refractivity contribution >= 4 is 22.7 Å². The van der Waals surface area contributed by atoms with E-state index >= 15 is 0 Å². The Morgan fingerprint density at radius 1 is 1.48 bits per heavy atom. The molecule has 1 aliphatic carbocycles. The van der Waals surface area contributed by atoms with Crippen molar-refractivity contribution in [2.45, 2.75) is 39.2 Å². The van der Waals surface area contributed by atoms with Gasteiger partial charge in [-0.1, -0.05) is 6.92 Å². The number of carbonyl (C=O) groups is 1. The van der Waals surface area contributed by atoms with Crippen molar-refractivity contribution in [3.05, 3.63) is 17.5 Å². The summed E-state index contributed by atoms with van der Waals surface area (Å²) in [5, 5.41) is 18.1. The number of carboxylic acid groups (broad SMARTS) is 1. The van der Waals surface area contributed by atoms with Gasteiger partial charge in [0.1, 0.15) is 5.56 Å². The molecule has 2 heterocycles. The van der Waals surface area contributed by atoms with E-state index in [0.717, 1.165) is 23.9 Å². The van der Waals surface area contributed by atoms with Crippen LogP contribution < -0.4 is 5.32 Å². The second-order valence-corrected chi connectivity index (χ2v) is 6.02. The topological polar surface area (TPSA) is 80.0 Å². The van der Waals surface area contributed by atoms with Crippen molar-refractivity contribution in [3.63, 3.8) is 0 Å². The lowest BCUT2D eigenvalue weighted by molar-refractivity contribution is 0.0697. The third kappa shape index (κ3) is 2.34. The molecule has 1 saturated carbocycles. The Morgan fingerprint density at radius 3 is 2.86 bits per heavy atom. The van der Waals surface area contributed by atoms with E-state index in [1.165, 1.54) is 12.6 Å². The van der Waals surface area contributed by atoms with Gasteiger partial charge in [0.25, 0.3) is 0 Å². The largest absolute Gasteiger partial charge is 0.478 e. The van der Waals surface area contributed by atoms with E-state index < -0.39 is 5.97 Å². The third-order valence-electron chi connectivity index (χ3n) is 4.30. The number of nitrogens with one attached hydrogen (secondary N) is 1. The molecule has 0 radical (unpaired) electrons. The van der Waals surface area contributed by atoms with Crippen molar-refractivity contribution in [1.82, 2.24) is 14.8 Å². The molecule has 2 aromatic heterocycles. The molecule has 0 aromatic carbocycles. The van der Waals surface area contributed by atoms with Gasteiger partial charge in [0.2, 0.25) is 0 Å². The first-order valence-corrected chi connectivity index (χ1v) is 7.29. The molecule has 1 aliphatic rings. The van der Waals surface area contributed by atoms with Crippen LogP contribution in [0.3, 0.4) is 0 Å². The zero-order valence-corrected chi connectivity index (χ0v) is 12.6. The van der Waals surface area contributed by atoms with E-state index in [9.17, 15) is 9.90 Å². The molecule has 0 saturated heterocycles. The number of aryl methyl sites for hydroxylation is 2. The SMILES string of the molecule is Cc1nn(C)c2ncc(C(=O)O)c(NC3CCC(C)C3)c12. The van der Waals surface area contributed by atoms with Crippen LogP contribution in [-0.2, 0) is 7.05 Å². The summed E-state index contributed by atoms with van der Waals surface area (Å²) in [6.45, 7) is 4.12. The van der Waals surface area contributed by atoms with Crippen LogP contribution in [0.4, 0.5) is 5.69 Å². The van der Waals surface area contributed by atoms with Crippen LogP contribution in [0.2, 0.25) is 0 Å². The van der Waals surface area contributed by atoms with Gasteiger partial charge in [0.15, 0.2) is 5.65 Å². The highest BCUT2D eigenvalue weighted by molar-refractivity contribution is 6.04. The molecule has 0 amide bonds. The Bertz CT molecular complexity index is 707. The second kappa shape index (κ2) is 5.02. The van der Waals surface area contributed by atoms with Crippen LogP contribution in [-0.4, -0.2) is 31.9 Å². The minimum Gasteiger partial charge on any atom is -0.478 e. The third-order valence-corrected chi connectivity index (χ3v) is 4.30. The number of hydrogen-bond acceptors (Lipinski definition) is 4. The second-order valence-electron chi connectivity index (χ2n) is 6.02. The highest BCUT2D eigenvalue weighted by Gasteiger charge is 2.25. The van der Waals surface area contributed by atoms with E-state index in [-0.39, 0.29) is 5.56 Å². The first kappa shape index (κ1) is 13.9. The summed E-state index contributed by atoms with van der Waals surface area (Å²) in [5.74, 6) is -0.274. The molecule has 21 heavy (non-hydrogen) atoms. The Labute approximate surface area is 123 Å². The van der Waals surface area contributed by atoms with Gasteiger partial charge in [-0.15, -0.1) is 0 Å². The van der Waals surface area contributed by atoms with E-state index in [2.05, 4.69) is 22.3 Å². The highest BCUT2D eigenvalue weighted by atomic mass is 16.4. The van der Waals surface area contributed by atoms with Crippen molar-refractivity contribution in [2.75, 3.05) is 5.32 Å². The fourth-order valence-corrected chi connectivity index (χ4v) is 3.27. The summed E-state index contributed by atoms with van der Waals surface area (Å²) < 4.78 is 1.69. The highest BCUT2D eigenvalue weighted by Crippen LogP contribution is 2.33. The van der Waals surface area contributed by atoms with E-state index in [4.69, 9.17) is 0 Å². The summed E-state index contributed by atoms with van der Waals surface area (Å²) in [5.41, 5.74) is 2.40. The Kier molecular flexibility index (Phi) is 3.31. The molecule has 112 valence electrons. The molecular formula is C15H20N4O2. The number of anilines is 1. The van der Waals surface area contributed by atoms with Crippen LogP contribution in [0.5, 0.6) is 0 Å². The summed E-state index contributed by atoms with van der Waals surface area (Å²) in [7, 11) is 1.82. The molecule has 2 N–H and O–H groups in total. The van der Waals surface area contributed by atoms with Gasteiger partial charge in [0, 0.05) is 19.3 Å². The quantitative estimate of drug-likeness (QED) is 0.907. The minimum atomic E-state index is -0.957. The molecule has 1 fully saturated rings. The smallest absolute Gasteiger partial charge is 0.339 e. The average Bonchev–Trinajstić information content (AvgIpc) is 2.94. The number of rotatable bonds is 3. The summed E-state index contributed by atoms with van der Waals surface area (Å²) >= 11 is 0. The molecule has 0 spiro atoms. The van der Waals surface area contributed by atoms with Gasteiger partial charge >= 0.3 is 5.97 Å². The monoisotopic (exact) mass is 288 g/mol. The maximum absolute atomic E-state index is 11.5. The number of pyridine rings is 1. The minimum absolute atomic E-state index is 0.221. The Hall–Kier alpha value is -2.11. The number of carboxylic acids is 1. The molecule has 0 bridgehead atoms. The zero-order chi connectivity index (χ0) is 15.1. The van der Waals surface area contributed by atoms with E-state index in [0.29, 0.717) is 23.3 Å². The Morgan fingerprint density at radius 2 is 2.24 bits per heavy atom. The normalized spacial score (nSPS) is 21.9. The number of aromatic nitrogens is 3. The first-order chi connectivity index (χ1) is 9.97. The van der Waals surface area contributed by atoms with Gasteiger partial charge in [0.05, 0.1) is 16.8 Å². The van der Waals surface area contributed by atoms with Crippen LogP contribution in [0, 0.1) is 12.8 Å². The van der Waals surface area contributed by atoms with Gasteiger partial charge in [-0.2, -0.15) is 5.10 Å². The zero-order valence-electron chi connectivity index (χ0n) is 12.6. The summed E-state index contributed by atoms with van der Waals surface area (Å²) in [6, 6.07) is 0.323. The lowest BCUT2D eigenvalue weighted by atomic mass is 10.1. The predicted octanol–water partition coefficient (Wildman–Crippen LogP) is 2.58. The molecule has 3 rings (SSSR count). The van der Waals surface area contributed by atoms with Crippen LogP contribution in [0.1, 0.15) is 42.2 Å². The molecule has 6 nitrogen and oxygen atoms in total. The standard InChI is InChI=1S/C15H20N4O2/c1-8-4-5-10(6-8)17-13-11(15(20)21)7-16-14-12(13)9(2)18-19(14)3/h7-8,10H,4-6H2,1-3H3,(H,16,17)(H,20,21). The molecule has 6 heteroatoms. The number of nitrogens with zero attached hydrogens (tertiary/aromatic N) is 3. The van der Waals surface area contributed by atoms with Gasteiger partial charge in [-0.3, -0.25) is 4.68 Å². The molecule has 2 atom stereocenters. The van der Waals surface area contributed by atoms with Crippen molar-refractivity contribution in [3.8, 4) is 0 Å².